The van der Waals surface area contributed by atoms with Gasteiger partial charge < -0.3 is 9.80 Å². The molecule has 0 unspecified atom stereocenters. The average molecular weight is 288 g/mol. The van der Waals surface area contributed by atoms with Gasteiger partial charge in [0.2, 0.25) is 0 Å². The van der Waals surface area contributed by atoms with Crippen molar-refractivity contribution in [2.45, 2.75) is 6.54 Å². The fourth-order valence-corrected chi connectivity index (χ4v) is 3.28. The van der Waals surface area contributed by atoms with Crippen molar-refractivity contribution in [3.05, 3.63) is 72.3 Å². The topological polar surface area (TPSA) is 6.48 Å². The highest BCUT2D eigenvalue weighted by atomic mass is 15.2. The summed E-state index contributed by atoms with van der Waals surface area (Å²) in [5, 5.41) is 2.60. The minimum atomic E-state index is 1.01. The summed E-state index contributed by atoms with van der Waals surface area (Å²) in [6.45, 7) is 3.10. The van der Waals surface area contributed by atoms with Crippen LogP contribution >= 0.6 is 0 Å². The summed E-state index contributed by atoms with van der Waals surface area (Å²) in [6.07, 6.45) is 0. The first-order valence-corrected chi connectivity index (χ1v) is 7.84. The van der Waals surface area contributed by atoms with E-state index in [1.807, 2.05) is 0 Å². The third-order valence-corrected chi connectivity index (χ3v) is 4.47. The van der Waals surface area contributed by atoms with Crippen LogP contribution in [-0.2, 0) is 6.54 Å². The minimum Gasteiger partial charge on any atom is -0.340 e. The molecule has 0 N–H and O–H groups in total. The molecule has 1 aliphatic rings. The number of anilines is 2. The number of benzene rings is 3. The molecule has 1 aliphatic heterocycles. The van der Waals surface area contributed by atoms with Crippen LogP contribution in [-0.4, -0.2) is 25.0 Å². The molecule has 0 bridgehead atoms. The summed E-state index contributed by atoms with van der Waals surface area (Å²) in [5.41, 5.74) is 4.01. The fraction of sp³-hybridized carbons (Fsp3) is 0.200. The molecular formula is C20H20N2. The van der Waals surface area contributed by atoms with Gasteiger partial charge in [-0.1, -0.05) is 48.5 Å². The Morgan fingerprint density at radius 2 is 1.55 bits per heavy atom. The van der Waals surface area contributed by atoms with Gasteiger partial charge in [0.05, 0.1) is 0 Å². The summed E-state index contributed by atoms with van der Waals surface area (Å²) in [7, 11) is 2.20. The maximum absolute atomic E-state index is 2.45. The van der Waals surface area contributed by atoms with Crippen molar-refractivity contribution in [2.24, 2.45) is 0 Å². The molecule has 0 amide bonds. The number of nitrogens with zero attached hydrogens (tertiary/aromatic N) is 2. The molecule has 22 heavy (non-hydrogen) atoms. The Labute approximate surface area is 131 Å². The van der Waals surface area contributed by atoms with Gasteiger partial charge in [-0.25, -0.2) is 0 Å². The standard InChI is InChI=1S/C20H20N2/c1-21-12-13-22(20-9-5-4-8-18(20)15-21)19-11-10-16-6-2-3-7-17(16)14-19/h2-11,14H,12-13,15H2,1H3. The third kappa shape index (κ3) is 2.36. The van der Waals surface area contributed by atoms with E-state index in [0.717, 1.165) is 19.6 Å². The summed E-state index contributed by atoms with van der Waals surface area (Å²) >= 11 is 0. The highest BCUT2D eigenvalue weighted by Crippen LogP contribution is 2.32. The van der Waals surface area contributed by atoms with E-state index in [-0.39, 0.29) is 0 Å². The van der Waals surface area contributed by atoms with E-state index in [1.165, 1.54) is 27.7 Å². The van der Waals surface area contributed by atoms with E-state index in [0.29, 0.717) is 0 Å². The predicted octanol–water partition coefficient (Wildman–Crippen LogP) is 4.42. The Morgan fingerprint density at radius 1 is 0.773 bits per heavy atom. The van der Waals surface area contributed by atoms with E-state index >= 15 is 0 Å². The smallest absolute Gasteiger partial charge is 0.0456 e. The van der Waals surface area contributed by atoms with E-state index < -0.39 is 0 Å². The molecule has 4 rings (SSSR count). The Bertz CT molecular complexity index is 809. The zero-order valence-corrected chi connectivity index (χ0v) is 12.9. The zero-order valence-electron chi connectivity index (χ0n) is 12.9. The van der Waals surface area contributed by atoms with Gasteiger partial charge in [-0.2, -0.15) is 0 Å². The van der Waals surface area contributed by atoms with Crippen LogP contribution in [0.15, 0.2) is 66.7 Å². The SMILES string of the molecule is CN1CCN(c2ccc3ccccc3c2)c2ccccc2C1. The van der Waals surface area contributed by atoms with Crippen LogP contribution < -0.4 is 4.90 Å². The molecule has 0 saturated carbocycles. The normalized spacial score (nSPS) is 15.6. The minimum absolute atomic E-state index is 1.01. The molecule has 2 nitrogen and oxygen atoms in total. The summed E-state index contributed by atoms with van der Waals surface area (Å²) in [5.74, 6) is 0. The van der Waals surface area contributed by atoms with Crippen molar-refractivity contribution < 1.29 is 0 Å². The first-order chi connectivity index (χ1) is 10.8. The second kappa shape index (κ2) is 5.47. The van der Waals surface area contributed by atoms with Crippen LogP contribution in [0.1, 0.15) is 5.56 Å². The Morgan fingerprint density at radius 3 is 2.45 bits per heavy atom. The van der Waals surface area contributed by atoms with Crippen molar-refractivity contribution in [3.8, 4) is 0 Å². The largest absolute Gasteiger partial charge is 0.340 e. The van der Waals surface area contributed by atoms with E-state index in [2.05, 4.69) is 83.6 Å². The van der Waals surface area contributed by atoms with Crippen LogP contribution in [0.4, 0.5) is 11.4 Å². The molecule has 2 heteroatoms. The Hall–Kier alpha value is -2.32. The van der Waals surface area contributed by atoms with Crippen molar-refractivity contribution >= 4 is 22.1 Å². The van der Waals surface area contributed by atoms with Gasteiger partial charge >= 0.3 is 0 Å². The van der Waals surface area contributed by atoms with Crippen LogP contribution in [0.25, 0.3) is 10.8 Å². The lowest BCUT2D eigenvalue weighted by Crippen LogP contribution is -2.26. The molecule has 0 radical (unpaired) electrons. The van der Waals surface area contributed by atoms with Crippen LogP contribution in [0.2, 0.25) is 0 Å². The number of hydrogen-bond donors (Lipinski definition) is 0. The molecule has 0 fully saturated rings. The van der Waals surface area contributed by atoms with E-state index in [4.69, 9.17) is 0 Å². The van der Waals surface area contributed by atoms with Gasteiger partial charge in [0.25, 0.3) is 0 Å². The monoisotopic (exact) mass is 288 g/mol. The molecular weight excluding hydrogens is 268 g/mol. The molecule has 3 aromatic carbocycles. The highest BCUT2D eigenvalue weighted by Gasteiger charge is 2.18. The summed E-state index contributed by atoms with van der Waals surface area (Å²) in [6, 6.07) is 24.1. The molecule has 0 spiro atoms. The maximum atomic E-state index is 2.45. The molecule has 110 valence electrons. The summed E-state index contributed by atoms with van der Waals surface area (Å²) < 4.78 is 0. The first-order valence-electron chi connectivity index (χ1n) is 7.84. The lowest BCUT2D eigenvalue weighted by atomic mass is 10.1. The third-order valence-electron chi connectivity index (χ3n) is 4.47. The molecule has 0 atom stereocenters. The molecule has 0 saturated heterocycles. The molecule has 0 aromatic heterocycles. The molecule has 1 heterocycles. The average Bonchev–Trinajstić information content (AvgIpc) is 2.72. The van der Waals surface area contributed by atoms with Gasteiger partial charge in [0.1, 0.15) is 0 Å². The van der Waals surface area contributed by atoms with Gasteiger partial charge in [-0.05, 0) is 41.6 Å². The maximum Gasteiger partial charge on any atom is 0.0456 e. The summed E-state index contributed by atoms with van der Waals surface area (Å²) in [4.78, 5) is 4.84. The van der Waals surface area contributed by atoms with Gasteiger partial charge in [0, 0.05) is 31.0 Å². The number of fused-ring (bicyclic) bond motifs is 2. The number of para-hydroxylation sites is 1. The van der Waals surface area contributed by atoms with Gasteiger partial charge in [-0.15, -0.1) is 0 Å². The van der Waals surface area contributed by atoms with Crippen LogP contribution in [0.3, 0.4) is 0 Å². The quantitative estimate of drug-likeness (QED) is 0.654. The lowest BCUT2D eigenvalue weighted by Gasteiger charge is -2.25. The van der Waals surface area contributed by atoms with Crippen molar-refractivity contribution in [3.63, 3.8) is 0 Å². The Balaban J connectivity index is 1.83. The number of rotatable bonds is 1. The van der Waals surface area contributed by atoms with Crippen molar-refractivity contribution in [2.75, 3.05) is 25.0 Å². The van der Waals surface area contributed by atoms with Crippen molar-refractivity contribution in [1.82, 2.24) is 4.90 Å². The van der Waals surface area contributed by atoms with Gasteiger partial charge in [0.15, 0.2) is 0 Å². The predicted molar refractivity (Wildman–Crippen MR) is 93.7 cm³/mol. The highest BCUT2D eigenvalue weighted by molar-refractivity contribution is 5.87. The number of likely N-dealkylation sites (N-methyl/N-ethyl adjacent to an activating group) is 1. The Kier molecular flexibility index (Phi) is 3.32. The lowest BCUT2D eigenvalue weighted by molar-refractivity contribution is 0.343. The van der Waals surface area contributed by atoms with Gasteiger partial charge in [-0.3, -0.25) is 0 Å². The van der Waals surface area contributed by atoms with Crippen LogP contribution in [0, 0.1) is 0 Å². The fourth-order valence-electron chi connectivity index (χ4n) is 3.28. The number of hydrogen-bond acceptors (Lipinski definition) is 2. The first kappa shape index (κ1) is 13.4. The second-order valence-electron chi connectivity index (χ2n) is 6.05. The van der Waals surface area contributed by atoms with Crippen LogP contribution in [0.5, 0.6) is 0 Å². The second-order valence-corrected chi connectivity index (χ2v) is 6.05. The zero-order chi connectivity index (χ0) is 14.9. The van der Waals surface area contributed by atoms with E-state index in [1.54, 1.807) is 0 Å². The van der Waals surface area contributed by atoms with E-state index in [9.17, 15) is 0 Å². The van der Waals surface area contributed by atoms with Crippen molar-refractivity contribution in [1.29, 1.82) is 0 Å². The molecule has 0 aliphatic carbocycles. The molecule has 3 aromatic rings.